The van der Waals surface area contributed by atoms with Crippen LogP contribution in [0.15, 0.2) is 48.5 Å². The van der Waals surface area contributed by atoms with Crippen molar-refractivity contribution in [3.8, 4) is 11.5 Å². The summed E-state index contributed by atoms with van der Waals surface area (Å²) >= 11 is 0. The molecule has 2 rings (SSSR count). The summed E-state index contributed by atoms with van der Waals surface area (Å²) in [4.78, 5) is 37.5. The van der Waals surface area contributed by atoms with Crippen LogP contribution in [0.25, 0.3) is 0 Å². The molecule has 8 heteroatoms. The average Bonchev–Trinajstić information content (AvgIpc) is 2.72. The number of carbonyl (C=O) groups excluding carboxylic acids is 3. The van der Waals surface area contributed by atoms with Crippen molar-refractivity contribution in [2.45, 2.75) is 6.92 Å². The summed E-state index contributed by atoms with van der Waals surface area (Å²) in [5, 5.41) is 2.68. The summed E-state index contributed by atoms with van der Waals surface area (Å²) in [5.74, 6) is -0.261. The van der Waals surface area contributed by atoms with Crippen LogP contribution in [0, 0.1) is 0 Å². The van der Waals surface area contributed by atoms with E-state index in [0.29, 0.717) is 29.4 Å². The normalized spacial score (nSPS) is 10.0. The second kappa shape index (κ2) is 10.7. The first kappa shape index (κ1) is 21.7. The van der Waals surface area contributed by atoms with Gasteiger partial charge >= 0.3 is 5.97 Å². The molecule has 0 bridgehead atoms. The summed E-state index contributed by atoms with van der Waals surface area (Å²) in [5.41, 5.74) is 0.858. The van der Waals surface area contributed by atoms with Gasteiger partial charge in [0, 0.05) is 18.8 Å². The minimum absolute atomic E-state index is 0.184. The van der Waals surface area contributed by atoms with Crippen molar-refractivity contribution in [2.75, 3.05) is 39.2 Å². The zero-order chi connectivity index (χ0) is 21.2. The number of likely N-dealkylation sites (N-methyl/N-ethyl adjacent to an activating group) is 1. The molecule has 0 saturated heterocycles. The van der Waals surface area contributed by atoms with Gasteiger partial charge in [0.05, 0.1) is 25.8 Å². The first-order valence-electron chi connectivity index (χ1n) is 9.00. The molecule has 154 valence electrons. The van der Waals surface area contributed by atoms with Gasteiger partial charge < -0.3 is 24.4 Å². The van der Waals surface area contributed by atoms with Gasteiger partial charge in [-0.15, -0.1) is 0 Å². The van der Waals surface area contributed by atoms with Crippen LogP contribution in [0.5, 0.6) is 11.5 Å². The van der Waals surface area contributed by atoms with E-state index in [-0.39, 0.29) is 12.5 Å². The minimum atomic E-state index is -0.629. The van der Waals surface area contributed by atoms with E-state index in [1.165, 1.54) is 19.1 Å². The smallest absolute Gasteiger partial charge is 0.338 e. The zero-order valence-electron chi connectivity index (χ0n) is 16.6. The Balaban J connectivity index is 1.80. The molecule has 8 nitrogen and oxygen atoms in total. The number of hydrogen-bond donors (Lipinski definition) is 1. The zero-order valence-corrected chi connectivity index (χ0v) is 16.6. The number of nitrogens with zero attached hydrogens (tertiary/aromatic N) is 1. The maximum absolute atomic E-state index is 12.1. The SMILES string of the molecule is CCOc1ccc(C(=O)OCC(=O)N(C)CC(=O)Nc2cccc(OC)c2)cc1. The first-order chi connectivity index (χ1) is 13.9. The third kappa shape index (κ3) is 6.84. The van der Waals surface area contributed by atoms with Gasteiger partial charge in [-0.05, 0) is 43.3 Å². The fraction of sp³-hybridized carbons (Fsp3) is 0.286. The third-order valence-corrected chi connectivity index (χ3v) is 3.89. The lowest BCUT2D eigenvalue weighted by Crippen LogP contribution is -2.37. The van der Waals surface area contributed by atoms with Crippen molar-refractivity contribution < 1.29 is 28.6 Å². The number of benzene rings is 2. The number of methoxy groups -OCH3 is 1. The molecule has 0 spiro atoms. The highest BCUT2D eigenvalue weighted by molar-refractivity contribution is 5.95. The molecule has 2 aromatic carbocycles. The van der Waals surface area contributed by atoms with Gasteiger partial charge in [-0.3, -0.25) is 9.59 Å². The highest BCUT2D eigenvalue weighted by Crippen LogP contribution is 2.16. The summed E-state index contributed by atoms with van der Waals surface area (Å²) in [7, 11) is 2.99. The number of carbonyl (C=O) groups is 3. The lowest BCUT2D eigenvalue weighted by molar-refractivity contribution is -0.136. The number of rotatable bonds is 9. The van der Waals surface area contributed by atoms with Gasteiger partial charge in [0.2, 0.25) is 5.91 Å². The quantitative estimate of drug-likeness (QED) is 0.650. The van der Waals surface area contributed by atoms with Gasteiger partial charge in [0.1, 0.15) is 11.5 Å². The van der Waals surface area contributed by atoms with E-state index in [4.69, 9.17) is 14.2 Å². The Kier molecular flexibility index (Phi) is 8.02. The molecule has 0 unspecified atom stereocenters. The molecular weight excluding hydrogens is 376 g/mol. The predicted octanol–water partition coefficient (Wildman–Crippen LogP) is 2.35. The Morgan fingerprint density at radius 1 is 1.03 bits per heavy atom. The maximum Gasteiger partial charge on any atom is 0.338 e. The van der Waals surface area contributed by atoms with Crippen molar-refractivity contribution in [1.82, 2.24) is 4.90 Å². The number of nitrogens with one attached hydrogen (secondary N) is 1. The molecule has 2 aromatic rings. The van der Waals surface area contributed by atoms with E-state index >= 15 is 0 Å². The van der Waals surface area contributed by atoms with E-state index in [2.05, 4.69) is 5.32 Å². The Hall–Kier alpha value is -3.55. The molecule has 1 N–H and O–H groups in total. The minimum Gasteiger partial charge on any atom is -0.497 e. The summed E-state index contributed by atoms with van der Waals surface area (Å²) in [6.45, 7) is 1.74. The van der Waals surface area contributed by atoms with Crippen molar-refractivity contribution in [3.63, 3.8) is 0 Å². The highest BCUT2D eigenvalue weighted by atomic mass is 16.5. The maximum atomic E-state index is 12.1. The van der Waals surface area contributed by atoms with Crippen LogP contribution in [-0.4, -0.2) is 56.6 Å². The largest absolute Gasteiger partial charge is 0.497 e. The van der Waals surface area contributed by atoms with E-state index in [1.807, 2.05) is 6.92 Å². The number of hydrogen-bond acceptors (Lipinski definition) is 6. The van der Waals surface area contributed by atoms with Crippen LogP contribution in [0.2, 0.25) is 0 Å². The molecule has 0 aliphatic rings. The van der Waals surface area contributed by atoms with E-state index in [0.717, 1.165) is 0 Å². The number of anilines is 1. The fourth-order valence-electron chi connectivity index (χ4n) is 2.38. The molecule has 0 aliphatic carbocycles. The van der Waals surface area contributed by atoms with Gasteiger partial charge in [-0.2, -0.15) is 0 Å². The lowest BCUT2D eigenvalue weighted by Gasteiger charge is -2.17. The van der Waals surface area contributed by atoms with Crippen LogP contribution in [0.3, 0.4) is 0 Å². The van der Waals surface area contributed by atoms with Crippen LogP contribution < -0.4 is 14.8 Å². The Bertz CT molecular complexity index is 851. The van der Waals surface area contributed by atoms with E-state index in [9.17, 15) is 14.4 Å². The molecule has 0 atom stereocenters. The summed E-state index contributed by atoms with van der Waals surface area (Å²) in [6, 6.07) is 13.3. The number of esters is 1. The van der Waals surface area contributed by atoms with E-state index < -0.39 is 18.5 Å². The van der Waals surface area contributed by atoms with Crippen molar-refractivity contribution in [1.29, 1.82) is 0 Å². The Morgan fingerprint density at radius 2 is 1.76 bits per heavy atom. The second-order valence-corrected chi connectivity index (χ2v) is 6.06. The molecule has 0 aromatic heterocycles. The van der Waals surface area contributed by atoms with Crippen molar-refractivity contribution in [2.24, 2.45) is 0 Å². The highest BCUT2D eigenvalue weighted by Gasteiger charge is 2.16. The molecule has 0 saturated carbocycles. The second-order valence-electron chi connectivity index (χ2n) is 6.06. The number of amides is 2. The monoisotopic (exact) mass is 400 g/mol. The predicted molar refractivity (Wildman–Crippen MR) is 107 cm³/mol. The average molecular weight is 400 g/mol. The van der Waals surface area contributed by atoms with Gasteiger partial charge in [-0.1, -0.05) is 6.07 Å². The van der Waals surface area contributed by atoms with E-state index in [1.54, 1.807) is 48.5 Å². The Labute approximate surface area is 169 Å². The lowest BCUT2D eigenvalue weighted by atomic mass is 10.2. The number of ether oxygens (including phenoxy) is 3. The summed E-state index contributed by atoms with van der Waals surface area (Å²) in [6.07, 6.45) is 0. The fourth-order valence-corrected chi connectivity index (χ4v) is 2.38. The molecule has 29 heavy (non-hydrogen) atoms. The van der Waals surface area contributed by atoms with Crippen molar-refractivity contribution in [3.05, 3.63) is 54.1 Å². The van der Waals surface area contributed by atoms with Crippen LogP contribution >= 0.6 is 0 Å². The molecule has 0 aliphatic heterocycles. The van der Waals surface area contributed by atoms with Crippen LogP contribution in [0.4, 0.5) is 5.69 Å². The van der Waals surface area contributed by atoms with Crippen LogP contribution in [0.1, 0.15) is 17.3 Å². The Morgan fingerprint density at radius 3 is 2.41 bits per heavy atom. The molecule has 2 amide bonds. The molecule has 0 radical (unpaired) electrons. The molecular formula is C21H24N2O6. The third-order valence-electron chi connectivity index (χ3n) is 3.89. The van der Waals surface area contributed by atoms with Gasteiger partial charge in [0.25, 0.3) is 5.91 Å². The molecule has 0 fully saturated rings. The van der Waals surface area contributed by atoms with Crippen molar-refractivity contribution >= 4 is 23.5 Å². The summed E-state index contributed by atoms with van der Waals surface area (Å²) < 4.78 is 15.4. The standard InChI is InChI=1S/C21H24N2O6/c1-4-28-17-10-8-15(9-11-17)21(26)29-14-20(25)23(2)13-19(24)22-16-6-5-7-18(12-16)27-3/h5-12H,4,13-14H2,1-3H3,(H,22,24). The van der Waals surface area contributed by atoms with Crippen LogP contribution in [-0.2, 0) is 14.3 Å². The van der Waals surface area contributed by atoms with Gasteiger partial charge in [0.15, 0.2) is 6.61 Å². The topological polar surface area (TPSA) is 94.2 Å². The molecule has 0 heterocycles. The first-order valence-corrected chi connectivity index (χ1v) is 9.00. The van der Waals surface area contributed by atoms with Gasteiger partial charge in [-0.25, -0.2) is 4.79 Å².